The molecule has 2 aromatic carbocycles. The predicted octanol–water partition coefficient (Wildman–Crippen LogP) is 3.09. The highest BCUT2D eigenvalue weighted by molar-refractivity contribution is 14.1. The van der Waals surface area contributed by atoms with Gasteiger partial charge in [-0.2, -0.15) is 0 Å². The third-order valence-electron chi connectivity index (χ3n) is 3.46. The van der Waals surface area contributed by atoms with Crippen molar-refractivity contribution in [1.29, 1.82) is 0 Å². The minimum absolute atomic E-state index is 0.0532. The number of likely N-dealkylation sites (N-methyl/N-ethyl adjacent to an activating group) is 1. The van der Waals surface area contributed by atoms with Gasteiger partial charge in [0.15, 0.2) is 0 Å². The Morgan fingerprint density at radius 3 is 2.65 bits per heavy atom. The van der Waals surface area contributed by atoms with Gasteiger partial charge in [-0.25, -0.2) is 0 Å². The molecule has 0 unspecified atom stereocenters. The van der Waals surface area contributed by atoms with Crippen LogP contribution in [-0.4, -0.2) is 13.0 Å². The van der Waals surface area contributed by atoms with Gasteiger partial charge in [-0.15, -0.1) is 0 Å². The molecule has 1 amide bonds. The van der Waals surface area contributed by atoms with Gasteiger partial charge in [0.25, 0.3) is 5.91 Å². The molecule has 0 radical (unpaired) electrons. The van der Waals surface area contributed by atoms with Crippen LogP contribution in [0.1, 0.15) is 11.1 Å². The molecule has 1 aliphatic rings. The Balaban J connectivity index is 2.23. The van der Waals surface area contributed by atoms with Crippen LogP contribution in [0.15, 0.2) is 48.5 Å². The molecule has 0 saturated carbocycles. The summed E-state index contributed by atoms with van der Waals surface area (Å²) in [4.78, 5) is 14.1. The lowest BCUT2D eigenvalue weighted by Crippen LogP contribution is -2.21. The number of benzene rings is 2. The fourth-order valence-corrected chi connectivity index (χ4v) is 2.97. The summed E-state index contributed by atoms with van der Waals surface area (Å²) >= 11 is 2.24. The lowest BCUT2D eigenvalue weighted by molar-refractivity contribution is -0.112. The molecular formula is C16H13IN2O. The Hall–Kier alpha value is -1.82. The van der Waals surface area contributed by atoms with Crippen LogP contribution in [0, 0.1) is 3.57 Å². The van der Waals surface area contributed by atoms with Gasteiger partial charge in [0.05, 0.1) is 17.0 Å². The van der Waals surface area contributed by atoms with Crippen molar-refractivity contribution >= 4 is 45.5 Å². The fraction of sp³-hybridized carbons (Fsp3) is 0.0625. The molecule has 0 bridgehead atoms. The predicted molar refractivity (Wildman–Crippen MR) is 90.0 cm³/mol. The summed E-state index contributed by atoms with van der Waals surface area (Å²) in [7, 11) is 1.77. The van der Waals surface area contributed by atoms with Crippen LogP contribution in [0.25, 0.3) is 11.3 Å². The largest absolute Gasteiger partial charge is 0.398 e. The Morgan fingerprint density at radius 2 is 1.90 bits per heavy atom. The number of hydrogen-bond acceptors (Lipinski definition) is 2. The molecule has 0 spiro atoms. The van der Waals surface area contributed by atoms with Crippen molar-refractivity contribution in [3.8, 4) is 0 Å². The third kappa shape index (κ3) is 2.00. The fourth-order valence-electron chi connectivity index (χ4n) is 2.43. The van der Waals surface area contributed by atoms with Gasteiger partial charge in [0.1, 0.15) is 0 Å². The molecule has 2 N–H and O–H groups in total. The molecule has 0 fully saturated rings. The summed E-state index contributed by atoms with van der Waals surface area (Å²) in [6, 6.07) is 15.6. The van der Waals surface area contributed by atoms with Crippen LogP contribution >= 0.6 is 22.6 Å². The van der Waals surface area contributed by atoms with E-state index in [1.54, 1.807) is 11.9 Å². The third-order valence-corrected chi connectivity index (χ3v) is 4.13. The molecule has 3 nitrogen and oxygen atoms in total. The van der Waals surface area contributed by atoms with E-state index in [-0.39, 0.29) is 5.91 Å². The molecule has 20 heavy (non-hydrogen) atoms. The van der Waals surface area contributed by atoms with Crippen LogP contribution in [0.2, 0.25) is 0 Å². The van der Waals surface area contributed by atoms with Crippen LogP contribution in [0.5, 0.6) is 0 Å². The van der Waals surface area contributed by atoms with Crippen LogP contribution in [0.3, 0.4) is 0 Å². The number of amides is 1. The number of carbonyl (C=O) groups is 1. The van der Waals surface area contributed by atoms with E-state index >= 15 is 0 Å². The second-order valence-electron chi connectivity index (χ2n) is 4.68. The first-order valence-corrected chi connectivity index (χ1v) is 7.30. The highest BCUT2D eigenvalue weighted by Gasteiger charge is 2.31. The number of rotatable bonds is 1. The highest BCUT2D eigenvalue weighted by Crippen LogP contribution is 2.38. The molecule has 4 heteroatoms. The zero-order valence-corrected chi connectivity index (χ0v) is 13.1. The first-order valence-electron chi connectivity index (χ1n) is 6.22. The van der Waals surface area contributed by atoms with Crippen molar-refractivity contribution < 1.29 is 4.79 Å². The van der Waals surface area contributed by atoms with Crippen LogP contribution < -0.4 is 10.6 Å². The number of fused-ring (bicyclic) bond motifs is 1. The van der Waals surface area contributed by atoms with Gasteiger partial charge < -0.3 is 10.6 Å². The van der Waals surface area contributed by atoms with E-state index in [9.17, 15) is 4.79 Å². The van der Waals surface area contributed by atoms with E-state index in [0.29, 0.717) is 11.3 Å². The molecule has 0 saturated heterocycles. The first-order chi connectivity index (χ1) is 9.59. The highest BCUT2D eigenvalue weighted by atomic mass is 127. The quantitative estimate of drug-likeness (QED) is 0.614. The topological polar surface area (TPSA) is 46.3 Å². The molecule has 3 rings (SSSR count). The molecule has 1 aliphatic heterocycles. The lowest BCUT2D eigenvalue weighted by atomic mass is 10.0. The number of nitrogens with two attached hydrogens (primary N) is 1. The summed E-state index contributed by atoms with van der Waals surface area (Å²) in [5, 5.41) is 0. The molecule has 0 aliphatic carbocycles. The second-order valence-corrected chi connectivity index (χ2v) is 5.93. The number of hydrogen-bond donors (Lipinski definition) is 1. The maximum atomic E-state index is 12.4. The van der Waals surface area contributed by atoms with Crippen molar-refractivity contribution in [1.82, 2.24) is 0 Å². The van der Waals surface area contributed by atoms with E-state index in [1.807, 2.05) is 48.5 Å². The SMILES string of the molecule is CN1C(=O)C(=C(N)c2cccc(I)c2)c2ccccc21. The Kier molecular flexibility index (Phi) is 3.25. The van der Waals surface area contributed by atoms with Gasteiger partial charge in [-0.05, 0) is 46.4 Å². The zero-order chi connectivity index (χ0) is 14.3. The minimum Gasteiger partial charge on any atom is -0.398 e. The maximum Gasteiger partial charge on any atom is 0.260 e. The molecule has 1 heterocycles. The first kappa shape index (κ1) is 13.2. The number of para-hydroxylation sites is 1. The Labute approximate surface area is 131 Å². The summed E-state index contributed by atoms with van der Waals surface area (Å²) in [5.74, 6) is -0.0532. The van der Waals surface area contributed by atoms with Gasteiger partial charge in [0.2, 0.25) is 0 Å². The smallest absolute Gasteiger partial charge is 0.260 e. The maximum absolute atomic E-state index is 12.4. The summed E-state index contributed by atoms with van der Waals surface area (Å²) in [6.45, 7) is 0. The molecule has 0 aromatic heterocycles. The normalized spacial score (nSPS) is 16.3. The van der Waals surface area contributed by atoms with E-state index in [2.05, 4.69) is 22.6 Å². The number of anilines is 1. The molecule has 0 atom stereocenters. The van der Waals surface area contributed by atoms with Crippen LogP contribution in [0.4, 0.5) is 5.69 Å². The monoisotopic (exact) mass is 376 g/mol. The van der Waals surface area contributed by atoms with Gasteiger partial charge >= 0.3 is 0 Å². The second kappa shape index (κ2) is 4.94. The summed E-state index contributed by atoms with van der Waals surface area (Å²) in [5.41, 5.74) is 10.1. The van der Waals surface area contributed by atoms with E-state index in [4.69, 9.17) is 5.73 Å². The van der Waals surface area contributed by atoms with E-state index < -0.39 is 0 Å². The Morgan fingerprint density at radius 1 is 1.15 bits per heavy atom. The van der Waals surface area contributed by atoms with Crippen molar-refractivity contribution in [3.63, 3.8) is 0 Å². The Bertz CT molecular complexity index is 737. The van der Waals surface area contributed by atoms with E-state index in [1.165, 1.54) is 0 Å². The van der Waals surface area contributed by atoms with Crippen molar-refractivity contribution in [3.05, 3.63) is 63.2 Å². The standard InChI is InChI=1S/C16H13IN2O/c1-19-13-8-3-2-7-12(13)14(16(19)20)15(18)10-5-4-6-11(17)9-10/h2-9H,18H2,1H3. The van der Waals surface area contributed by atoms with Crippen LogP contribution in [-0.2, 0) is 4.79 Å². The average molecular weight is 376 g/mol. The lowest BCUT2D eigenvalue weighted by Gasteiger charge is -2.09. The molecule has 100 valence electrons. The molecule has 2 aromatic rings. The molecular weight excluding hydrogens is 363 g/mol. The minimum atomic E-state index is -0.0532. The van der Waals surface area contributed by atoms with Crippen molar-refractivity contribution in [2.75, 3.05) is 11.9 Å². The zero-order valence-electron chi connectivity index (χ0n) is 10.9. The summed E-state index contributed by atoms with van der Waals surface area (Å²) in [6.07, 6.45) is 0. The van der Waals surface area contributed by atoms with Gasteiger partial charge in [0, 0.05) is 16.2 Å². The van der Waals surface area contributed by atoms with Gasteiger partial charge in [-0.3, -0.25) is 4.79 Å². The number of carbonyl (C=O) groups excluding carboxylic acids is 1. The van der Waals surface area contributed by atoms with E-state index in [0.717, 1.165) is 20.4 Å². The van der Waals surface area contributed by atoms with Crippen molar-refractivity contribution in [2.24, 2.45) is 5.73 Å². The number of nitrogens with zero attached hydrogens (tertiary/aromatic N) is 1. The number of halogens is 1. The van der Waals surface area contributed by atoms with Gasteiger partial charge in [-0.1, -0.05) is 30.3 Å². The average Bonchev–Trinajstić information content (AvgIpc) is 2.71. The summed E-state index contributed by atoms with van der Waals surface area (Å²) < 4.78 is 1.09. The van der Waals surface area contributed by atoms with Crippen molar-refractivity contribution in [2.45, 2.75) is 0 Å².